The summed E-state index contributed by atoms with van der Waals surface area (Å²) >= 11 is 6.09. The lowest BCUT2D eigenvalue weighted by Crippen LogP contribution is -2.14. The molecule has 0 spiro atoms. The topological polar surface area (TPSA) is 87.1 Å². The molecule has 0 radical (unpaired) electrons. The summed E-state index contributed by atoms with van der Waals surface area (Å²) in [6.07, 6.45) is 0.855. The first-order valence-electron chi connectivity index (χ1n) is 11.1. The van der Waals surface area contributed by atoms with Crippen molar-refractivity contribution >= 4 is 28.9 Å². The minimum absolute atomic E-state index is 0.0722. The van der Waals surface area contributed by atoms with Gasteiger partial charge in [-0.3, -0.25) is 9.89 Å². The Morgan fingerprint density at radius 1 is 1.00 bits per heavy atom. The van der Waals surface area contributed by atoms with Crippen molar-refractivity contribution in [2.75, 3.05) is 23.7 Å². The van der Waals surface area contributed by atoms with E-state index >= 15 is 0 Å². The Hall–Kier alpha value is -3.32. The summed E-state index contributed by atoms with van der Waals surface area (Å²) in [6, 6.07) is 15.6. The highest BCUT2D eigenvalue weighted by Crippen LogP contribution is 2.25. The van der Waals surface area contributed by atoms with Crippen molar-refractivity contribution in [2.24, 2.45) is 0 Å². The maximum atomic E-state index is 11.9. The molecule has 0 atom stereocenters. The van der Waals surface area contributed by atoms with Crippen LogP contribution in [-0.4, -0.2) is 32.7 Å². The fourth-order valence-corrected chi connectivity index (χ4v) is 3.67. The van der Waals surface area contributed by atoms with Crippen molar-refractivity contribution in [3.05, 3.63) is 75.0 Å². The number of halogens is 1. The van der Waals surface area contributed by atoms with Crippen molar-refractivity contribution in [3.8, 4) is 11.4 Å². The number of nitrogens with zero attached hydrogens (tertiary/aromatic N) is 3. The third-order valence-corrected chi connectivity index (χ3v) is 5.91. The quantitative estimate of drug-likeness (QED) is 0.325. The Balaban J connectivity index is 1.47. The first-order chi connectivity index (χ1) is 15.7. The van der Waals surface area contributed by atoms with Crippen LogP contribution in [0.4, 0.5) is 11.6 Å². The molecule has 3 N–H and O–H groups in total. The molecule has 0 saturated heterocycles. The zero-order chi connectivity index (χ0) is 23.6. The van der Waals surface area contributed by atoms with Gasteiger partial charge in [-0.2, -0.15) is 4.98 Å². The van der Waals surface area contributed by atoms with Crippen LogP contribution in [0.1, 0.15) is 38.3 Å². The molecule has 2 aromatic carbocycles. The van der Waals surface area contributed by atoms with Crippen molar-refractivity contribution in [2.45, 2.75) is 39.5 Å². The van der Waals surface area contributed by atoms with Crippen LogP contribution >= 0.6 is 11.6 Å². The van der Waals surface area contributed by atoms with E-state index < -0.39 is 0 Å². The first-order valence-corrected chi connectivity index (χ1v) is 11.4. The lowest BCUT2D eigenvalue weighted by atomic mass is 9.87. The number of fused-ring (bicyclic) bond motifs is 1. The van der Waals surface area contributed by atoms with E-state index in [0.717, 1.165) is 34.8 Å². The van der Waals surface area contributed by atoms with Gasteiger partial charge in [-0.05, 0) is 48.1 Å². The molecule has 0 aliphatic rings. The van der Waals surface area contributed by atoms with Crippen LogP contribution in [0.2, 0.25) is 5.02 Å². The van der Waals surface area contributed by atoms with Gasteiger partial charge in [0, 0.05) is 35.4 Å². The van der Waals surface area contributed by atoms with Crippen molar-refractivity contribution in [3.63, 3.8) is 0 Å². The van der Waals surface area contributed by atoms with Crippen LogP contribution in [0.25, 0.3) is 17.0 Å². The van der Waals surface area contributed by atoms with Crippen LogP contribution in [0.15, 0.2) is 53.3 Å². The minimum atomic E-state index is -0.215. The Kier molecular flexibility index (Phi) is 6.42. The van der Waals surface area contributed by atoms with Gasteiger partial charge in [-0.1, -0.05) is 56.6 Å². The summed E-state index contributed by atoms with van der Waals surface area (Å²) in [5.41, 5.74) is 4.62. The molecule has 33 heavy (non-hydrogen) atoms. The van der Waals surface area contributed by atoms with Crippen LogP contribution in [-0.2, 0) is 5.41 Å². The van der Waals surface area contributed by atoms with E-state index in [1.165, 1.54) is 11.6 Å². The standard InChI is InChI=1S/C25H29ClN6O/c1-16-14-19(10-11-20(16)26)27-12-5-13-28-24-30-23(29-21-15-22(33)31-32(21)24)17-6-8-18(9-7-17)25(2,3)4/h6-11,14-15,27H,5,12-13H2,1-4H3,(H,31,33)(H,28,29,30). The fraction of sp³-hybridized carbons (Fsp3) is 0.320. The third-order valence-electron chi connectivity index (χ3n) is 5.49. The van der Waals surface area contributed by atoms with E-state index in [2.05, 4.69) is 58.6 Å². The Morgan fingerprint density at radius 3 is 2.42 bits per heavy atom. The van der Waals surface area contributed by atoms with Gasteiger partial charge < -0.3 is 10.6 Å². The lowest BCUT2D eigenvalue weighted by Gasteiger charge is -2.19. The van der Waals surface area contributed by atoms with Gasteiger partial charge in [-0.15, -0.1) is 0 Å². The van der Waals surface area contributed by atoms with Gasteiger partial charge in [-0.25, -0.2) is 9.50 Å². The first kappa shape index (κ1) is 22.9. The van der Waals surface area contributed by atoms with Gasteiger partial charge in [0.05, 0.1) is 0 Å². The number of benzene rings is 2. The number of anilines is 2. The molecule has 0 fully saturated rings. The molecule has 7 nitrogen and oxygen atoms in total. The van der Waals surface area contributed by atoms with E-state index in [0.29, 0.717) is 24.0 Å². The van der Waals surface area contributed by atoms with E-state index in [-0.39, 0.29) is 11.0 Å². The molecule has 0 bridgehead atoms. The molecular weight excluding hydrogens is 436 g/mol. The average Bonchev–Trinajstić information content (AvgIpc) is 3.15. The largest absolute Gasteiger partial charge is 0.385 e. The number of rotatable bonds is 7. The molecule has 0 aliphatic carbocycles. The normalized spacial score (nSPS) is 11.7. The third kappa shape index (κ3) is 5.37. The van der Waals surface area contributed by atoms with Crippen molar-refractivity contribution < 1.29 is 0 Å². The number of hydrogen-bond acceptors (Lipinski definition) is 5. The van der Waals surface area contributed by atoms with E-state index in [1.807, 2.05) is 37.3 Å². The fourth-order valence-electron chi connectivity index (χ4n) is 3.55. The average molecular weight is 465 g/mol. The summed E-state index contributed by atoms with van der Waals surface area (Å²) in [6.45, 7) is 9.99. The number of aromatic nitrogens is 4. The number of aryl methyl sites for hydroxylation is 1. The van der Waals surface area contributed by atoms with Crippen LogP contribution in [0, 0.1) is 6.92 Å². The number of hydrogen-bond donors (Lipinski definition) is 3. The molecular formula is C25H29ClN6O. The summed E-state index contributed by atoms with van der Waals surface area (Å²) in [7, 11) is 0. The Labute approximate surface area is 198 Å². The molecule has 0 unspecified atom stereocenters. The molecule has 0 aliphatic heterocycles. The van der Waals surface area contributed by atoms with Gasteiger partial charge in [0.15, 0.2) is 11.5 Å². The predicted molar refractivity (Wildman–Crippen MR) is 136 cm³/mol. The van der Waals surface area contributed by atoms with Gasteiger partial charge in [0.1, 0.15) is 0 Å². The van der Waals surface area contributed by atoms with Gasteiger partial charge >= 0.3 is 0 Å². The molecule has 2 heterocycles. The smallest absolute Gasteiger partial charge is 0.266 e. The monoisotopic (exact) mass is 464 g/mol. The van der Waals surface area contributed by atoms with E-state index in [4.69, 9.17) is 11.6 Å². The molecule has 0 amide bonds. The van der Waals surface area contributed by atoms with Crippen molar-refractivity contribution in [1.82, 2.24) is 19.6 Å². The van der Waals surface area contributed by atoms with Gasteiger partial charge in [0.25, 0.3) is 5.56 Å². The maximum Gasteiger partial charge on any atom is 0.266 e. The Bertz CT molecular complexity index is 1320. The summed E-state index contributed by atoms with van der Waals surface area (Å²) in [4.78, 5) is 21.2. The van der Waals surface area contributed by atoms with Crippen LogP contribution in [0.5, 0.6) is 0 Å². The molecule has 4 rings (SSSR count). The molecule has 172 valence electrons. The summed E-state index contributed by atoms with van der Waals surface area (Å²) in [5, 5.41) is 10.3. The molecule has 0 saturated carbocycles. The van der Waals surface area contributed by atoms with Crippen LogP contribution in [0.3, 0.4) is 0 Å². The number of nitrogens with one attached hydrogen (secondary N) is 3. The summed E-state index contributed by atoms with van der Waals surface area (Å²) < 4.78 is 1.59. The Morgan fingerprint density at radius 2 is 1.73 bits per heavy atom. The van der Waals surface area contributed by atoms with Crippen molar-refractivity contribution in [1.29, 1.82) is 0 Å². The van der Waals surface area contributed by atoms with Crippen LogP contribution < -0.4 is 16.2 Å². The second-order valence-electron chi connectivity index (χ2n) is 9.18. The maximum absolute atomic E-state index is 11.9. The van der Waals surface area contributed by atoms with E-state index in [9.17, 15) is 4.79 Å². The SMILES string of the molecule is Cc1cc(NCCCNc2nc(-c3ccc(C(C)(C)C)cc3)nc3cc(=O)[nH]n23)ccc1Cl. The minimum Gasteiger partial charge on any atom is -0.385 e. The zero-order valence-electron chi connectivity index (χ0n) is 19.4. The molecule has 4 aromatic rings. The molecule has 8 heteroatoms. The van der Waals surface area contributed by atoms with E-state index in [1.54, 1.807) is 4.52 Å². The second kappa shape index (κ2) is 9.27. The highest BCUT2D eigenvalue weighted by molar-refractivity contribution is 6.31. The number of H-pyrrole nitrogens is 1. The highest BCUT2D eigenvalue weighted by Gasteiger charge is 2.15. The number of aromatic amines is 1. The lowest BCUT2D eigenvalue weighted by molar-refractivity contribution is 0.590. The second-order valence-corrected chi connectivity index (χ2v) is 9.59. The molecule has 2 aromatic heterocycles. The van der Waals surface area contributed by atoms with Gasteiger partial charge in [0.2, 0.25) is 5.95 Å². The summed E-state index contributed by atoms with van der Waals surface area (Å²) in [5.74, 6) is 1.13. The zero-order valence-corrected chi connectivity index (χ0v) is 20.1. The predicted octanol–water partition coefficient (Wildman–Crippen LogP) is 5.26. The highest BCUT2D eigenvalue weighted by atomic mass is 35.5.